The smallest absolute Gasteiger partial charge is 0.271 e. The lowest BCUT2D eigenvalue weighted by Gasteiger charge is -2.18. The van der Waals surface area contributed by atoms with Crippen molar-refractivity contribution in [3.05, 3.63) is 76.7 Å². The summed E-state index contributed by atoms with van der Waals surface area (Å²) >= 11 is 1.08. The Morgan fingerprint density at radius 2 is 1.93 bits per heavy atom. The highest BCUT2D eigenvalue weighted by molar-refractivity contribution is 7.94. The highest BCUT2D eigenvalue weighted by atomic mass is 32.2. The van der Waals surface area contributed by atoms with Crippen LogP contribution in [-0.2, 0) is 16.6 Å². The van der Waals surface area contributed by atoms with Crippen LogP contribution < -0.4 is 4.72 Å². The number of aromatic hydroxyl groups is 1. The van der Waals surface area contributed by atoms with Crippen molar-refractivity contribution in [2.45, 2.75) is 10.8 Å². The Morgan fingerprint density at radius 1 is 1.21 bits per heavy atom. The first-order valence-electron chi connectivity index (χ1n) is 8.44. The Balaban J connectivity index is 1.79. The fourth-order valence-electron chi connectivity index (χ4n) is 2.63. The van der Waals surface area contributed by atoms with Crippen molar-refractivity contribution >= 4 is 33.0 Å². The minimum atomic E-state index is -3.77. The van der Waals surface area contributed by atoms with Crippen LogP contribution in [0.2, 0.25) is 0 Å². The summed E-state index contributed by atoms with van der Waals surface area (Å²) in [5, 5.41) is 20.6. The normalized spacial score (nSPS) is 10.9. The molecule has 1 amide bonds. The van der Waals surface area contributed by atoms with Crippen LogP contribution in [-0.4, -0.2) is 31.4 Å². The molecular weight excluding hydrogens is 410 g/mol. The third-order valence-corrected chi connectivity index (χ3v) is 6.87. The third-order valence-electron chi connectivity index (χ3n) is 4.09. The first-order valence-corrected chi connectivity index (χ1v) is 10.8. The summed E-state index contributed by atoms with van der Waals surface area (Å²) in [6, 6.07) is 15.9. The lowest BCUT2D eigenvalue weighted by molar-refractivity contribution is 0.0782. The summed E-state index contributed by atoms with van der Waals surface area (Å²) in [4.78, 5) is 14.2. The van der Waals surface area contributed by atoms with E-state index in [1.807, 2.05) is 6.07 Å². The van der Waals surface area contributed by atoms with E-state index in [-0.39, 0.29) is 27.8 Å². The SMILES string of the molecule is CN(Cc1ccc(C#N)cc1)C(=O)c1cc(NS(=O)(=O)c2cccs2)ccc1O. The molecule has 0 saturated carbocycles. The summed E-state index contributed by atoms with van der Waals surface area (Å²) in [6.45, 7) is 0.259. The van der Waals surface area contributed by atoms with Gasteiger partial charge in [-0.25, -0.2) is 8.42 Å². The van der Waals surface area contributed by atoms with Gasteiger partial charge >= 0.3 is 0 Å². The molecule has 2 N–H and O–H groups in total. The number of rotatable bonds is 6. The van der Waals surface area contributed by atoms with Crippen LogP contribution in [0.5, 0.6) is 5.75 Å². The van der Waals surface area contributed by atoms with Crippen molar-refractivity contribution in [2.75, 3.05) is 11.8 Å². The van der Waals surface area contributed by atoms with E-state index in [2.05, 4.69) is 4.72 Å². The molecule has 148 valence electrons. The molecular formula is C20H17N3O4S2. The van der Waals surface area contributed by atoms with Gasteiger partial charge in [-0.2, -0.15) is 5.26 Å². The van der Waals surface area contributed by atoms with E-state index in [9.17, 15) is 18.3 Å². The summed E-state index contributed by atoms with van der Waals surface area (Å²) in [5.41, 5.74) is 1.49. The first kappa shape index (κ1) is 20.4. The van der Waals surface area contributed by atoms with Crippen LogP contribution in [0, 0.1) is 11.3 Å². The van der Waals surface area contributed by atoms with Crippen LogP contribution in [0.4, 0.5) is 5.69 Å². The van der Waals surface area contributed by atoms with Crippen molar-refractivity contribution in [1.82, 2.24) is 4.90 Å². The lowest BCUT2D eigenvalue weighted by atomic mass is 10.1. The number of thiophene rings is 1. The van der Waals surface area contributed by atoms with E-state index < -0.39 is 15.9 Å². The lowest BCUT2D eigenvalue weighted by Crippen LogP contribution is -2.26. The van der Waals surface area contributed by atoms with Gasteiger partial charge in [0.25, 0.3) is 15.9 Å². The van der Waals surface area contributed by atoms with Gasteiger partial charge in [-0.15, -0.1) is 11.3 Å². The topological polar surface area (TPSA) is 111 Å². The molecule has 0 aliphatic carbocycles. The van der Waals surface area contributed by atoms with Crippen LogP contribution in [0.25, 0.3) is 0 Å². The Hall–Kier alpha value is -3.35. The fourth-order valence-corrected chi connectivity index (χ4v) is 4.67. The zero-order valence-electron chi connectivity index (χ0n) is 15.4. The quantitative estimate of drug-likeness (QED) is 0.586. The van der Waals surface area contributed by atoms with E-state index >= 15 is 0 Å². The van der Waals surface area contributed by atoms with Crippen LogP contribution in [0.1, 0.15) is 21.5 Å². The molecule has 0 radical (unpaired) electrons. The molecule has 0 spiro atoms. The number of hydrogen-bond donors (Lipinski definition) is 2. The average Bonchev–Trinajstić information content (AvgIpc) is 3.25. The van der Waals surface area contributed by atoms with Crippen LogP contribution in [0.15, 0.2) is 64.2 Å². The van der Waals surface area contributed by atoms with Crippen molar-refractivity contribution in [3.63, 3.8) is 0 Å². The van der Waals surface area contributed by atoms with Crippen molar-refractivity contribution in [2.24, 2.45) is 0 Å². The Labute approximate surface area is 172 Å². The van der Waals surface area contributed by atoms with E-state index in [0.29, 0.717) is 5.56 Å². The number of amides is 1. The molecule has 3 rings (SSSR count). The average molecular weight is 428 g/mol. The van der Waals surface area contributed by atoms with E-state index in [1.54, 1.807) is 42.8 Å². The van der Waals surface area contributed by atoms with Gasteiger partial charge in [-0.1, -0.05) is 18.2 Å². The minimum Gasteiger partial charge on any atom is -0.507 e. The predicted octanol–water partition coefficient (Wildman–Crippen LogP) is 3.40. The molecule has 2 aromatic carbocycles. The molecule has 0 unspecified atom stereocenters. The van der Waals surface area contributed by atoms with Gasteiger partial charge in [0.05, 0.1) is 17.2 Å². The van der Waals surface area contributed by atoms with Gasteiger partial charge < -0.3 is 10.0 Å². The zero-order valence-corrected chi connectivity index (χ0v) is 17.0. The highest BCUT2D eigenvalue weighted by Gasteiger charge is 2.20. The second-order valence-electron chi connectivity index (χ2n) is 6.24. The number of carbonyl (C=O) groups is 1. The maximum atomic E-state index is 12.8. The Kier molecular flexibility index (Phi) is 5.87. The van der Waals surface area contributed by atoms with E-state index in [1.165, 1.54) is 29.2 Å². The first-order chi connectivity index (χ1) is 13.8. The molecule has 0 saturated heterocycles. The molecule has 1 heterocycles. The number of sulfonamides is 1. The summed E-state index contributed by atoms with van der Waals surface area (Å²) in [6.07, 6.45) is 0. The molecule has 0 aliphatic rings. The summed E-state index contributed by atoms with van der Waals surface area (Å²) in [5.74, 6) is -0.718. The molecule has 9 heteroatoms. The number of anilines is 1. The maximum absolute atomic E-state index is 12.8. The second-order valence-corrected chi connectivity index (χ2v) is 9.10. The second kappa shape index (κ2) is 8.34. The van der Waals surface area contributed by atoms with Gasteiger partial charge in [0.15, 0.2) is 0 Å². The Bertz CT molecular complexity index is 1170. The standard InChI is InChI=1S/C20H17N3O4S2/c1-23(13-15-6-4-14(12-21)5-7-15)20(25)17-11-16(8-9-18(17)24)22-29(26,27)19-3-2-10-28-19/h2-11,22,24H,13H2,1H3. The molecule has 7 nitrogen and oxygen atoms in total. The van der Waals surface area contributed by atoms with Gasteiger partial charge in [0.1, 0.15) is 9.96 Å². The number of nitrogens with zero attached hydrogens (tertiary/aromatic N) is 2. The monoisotopic (exact) mass is 427 g/mol. The van der Waals surface area contributed by atoms with Crippen LogP contribution in [0.3, 0.4) is 0 Å². The molecule has 0 atom stereocenters. The van der Waals surface area contributed by atoms with Gasteiger partial charge in [-0.05, 0) is 47.3 Å². The number of benzene rings is 2. The van der Waals surface area contributed by atoms with Gasteiger partial charge in [0.2, 0.25) is 0 Å². The number of hydrogen-bond acceptors (Lipinski definition) is 6. The zero-order chi connectivity index (χ0) is 21.0. The minimum absolute atomic E-state index is 0.0208. The van der Waals surface area contributed by atoms with E-state index in [4.69, 9.17) is 5.26 Å². The Morgan fingerprint density at radius 3 is 2.55 bits per heavy atom. The van der Waals surface area contributed by atoms with Gasteiger partial charge in [0, 0.05) is 19.3 Å². The molecule has 0 aliphatic heterocycles. The van der Waals surface area contributed by atoms with Crippen molar-refractivity contribution in [3.8, 4) is 11.8 Å². The molecule has 1 aromatic heterocycles. The molecule has 0 fully saturated rings. The number of phenolic OH excluding ortho intramolecular Hbond substituents is 1. The number of phenols is 1. The molecule has 3 aromatic rings. The molecule has 29 heavy (non-hydrogen) atoms. The largest absolute Gasteiger partial charge is 0.507 e. The molecule has 0 bridgehead atoms. The predicted molar refractivity (Wildman–Crippen MR) is 110 cm³/mol. The third kappa shape index (κ3) is 4.74. The number of nitriles is 1. The number of nitrogens with one attached hydrogen (secondary N) is 1. The van der Waals surface area contributed by atoms with Crippen molar-refractivity contribution < 1.29 is 18.3 Å². The number of carbonyl (C=O) groups excluding carboxylic acids is 1. The van der Waals surface area contributed by atoms with Gasteiger partial charge in [-0.3, -0.25) is 9.52 Å². The van der Waals surface area contributed by atoms with Crippen LogP contribution >= 0.6 is 11.3 Å². The van der Waals surface area contributed by atoms with E-state index in [0.717, 1.165) is 16.9 Å². The highest BCUT2D eigenvalue weighted by Crippen LogP contribution is 2.26. The summed E-state index contributed by atoms with van der Waals surface area (Å²) < 4.78 is 27.3. The maximum Gasteiger partial charge on any atom is 0.271 e. The summed E-state index contributed by atoms with van der Waals surface area (Å²) in [7, 11) is -2.19. The fraction of sp³-hybridized carbons (Fsp3) is 0.100. The van der Waals surface area contributed by atoms with Crippen molar-refractivity contribution in [1.29, 1.82) is 5.26 Å².